The summed E-state index contributed by atoms with van der Waals surface area (Å²) in [6.07, 6.45) is 1.57. The van der Waals surface area contributed by atoms with Gasteiger partial charge < -0.3 is 33.2 Å². The second-order valence-corrected chi connectivity index (χ2v) is 7.48. The van der Waals surface area contributed by atoms with E-state index in [1.165, 1.54) is 53.7 Å². The van der Waals surface area contributed by atoms with Gasteiger partial charge in [0.05, 0.1) is 41.1 Å². The largest absolute Gasteiger partial charge is 0.496 e. The minimum atomic E-state index is -0.679. The molecule has 0 aromatic heterocycles. The molecule has 0 aliphatic carbocycles. The average Bonchev–Trinajstić information content (AvgIpc) is 3.21. The van der Waals surface area contributed by atoms with E-state index in [2.05, 4.69) is 0 Å². The van der Waals surface area contributed by atoms with Crippen LogP contribution in [0.5, 0.6) is 40.2 Å². The van der Waals surface area contributed by atoms with Gasteiger partial charge in [-0.2, -0.15) is 0 Å². The van der Waals surface area contributed by atoms with Crippen LogP contribution in [-0.2, 0) is 0 Å². The number of hydrogen-bond acceptors (Lipinski definition) is 9. The van der Waals surface area contributed by atoms with Gasteiger partial charge in [0.2, 0.25) is 11.5 Å². The number of esters is 1. The molecular weight excluding hydrogens is 468 g/mol. The SMILES string of the molecule is COc1cc(/C=C2\Oc3cc(OC(=O)c4c(OC)cccc4OC)ccc3C2=O)cc(OC)c1OC. The van der Waals surface area contributed by atoms with Crippen molar-refractivity contribution >= 4 is 17.8 Å². The highest BCUT2D eigenvalue weighted by Gasteiger charge is 2.29. The van der Waals surface area contributed by atoms with Crippen molar-refractivity contribution in [1.29, 1.82) is 0 Å². The van der Waals surface area contributed by atoms with Crippen molar-refractivity contribution in [1.82, 2.24) is 0 Å². The van der Waals surface area contributed by atoms with Gasteiger partial charge in [-0.3, -0.25) is 4.79 Å². The van der Waals surface area contributed by atoms with Gasteiger partial charge in [-0.05, 0) is 48.0 Å². The Bertz CT molecular complexity index is 1310. The second kappa shape index (κ2) is 10.3. The zero-order valence-electron chi connectivity index (χ0n) is 20.4. The van der Waals surface area contributed by atoms with Crippen LogP contribution in [0.25, 0.3) is 6.08 Å². The fourth-order valence-corrected chi connectivity index (χ4v) is 3.78. The van der Waals surface area contributed by atoms with Gasteiger partial charge >= 0.3 is 5.97 Å². The van der Waals surface area contributed by atoms with E-state index in [0.717, 1.165) is 0 Å². The zero-order chi connectivity index (χ0) is 25.8. The molecule has 186 valence electrons. The number of benzene rings is 3. The monoisotopic (exact) mass is 492 g/mol. The highest BCUT2D eigenvalue weighted by molar-refractivity contribution is 6.14. The van der Waals surface area contributed by atoms with Crippen LogP contribution in [0.3, 0.4) is 0 Å². The first-order valence-electron chi connectivity index (χ1n) is 10.8. The minimum absolute atomic E-state index is 0.0918. The Morgan fingerprint density at radius 1 is 0.778 bits per heavy atom. The summed E-state index contributed by atoms with van der Waals surface area (Å²) >= 11 is 0. The van der Waals surface area contributed by atoms with E-state index in [-0.39, 0.29) is 28.6 Å². The van der Waals surface area contributed by atoms with E-state index in [1.807, 2.05) is 0 Å². The Balaban J connectivity index is 1.61. The molecule has 0 bridgehead atoms. The summed E-state index contributed by atoms with van der Waals surface area (Å²) in [7, 11) is 7.41. The lowest BCUT2D eigenvalue weighted by Crippen LogP contribution is -2.12. The molecule has 0 atom stereocenters. The van der Waals surface area contributed by atoms with Crippen LogP contribution in [0.2, 0.25) is 0 Å². The van der Waals surface area contributed by atoms with Gasteiger partial charge in [-0.25, -0.2) is 4.79 Å². The molecular formula is C27H24O9. The number of methoxy groups -OCH3 is 5. The summed E-state index contributed by atoms with van der Waals surface area (Å²) in [5, 5.41) is 0. The number of hydrogen-bond donors (Lipinski definition) is 0. The van der Waals surface area contributed by atoms with E-state index in [9.17, 15) is 9.59 Å². The quantitative estimate of drug-likeness (QED) is 0.254. The molecule has 0 amide bonds. The van der Waals surface area contributed by atoms with Crippen LogP contribution in [0.15, 0.2) is 54.3 Å². The standard InChI is InChI=1S/C27H24O9/c1-30-18-7-6-8-19(31-2)24(18)27(29)35-16-9-10-17-20(14-16)36-21(25(17)28)11-15-12-22(32-3)26(34-5)23(13-15)33-4/h6-14H,1-5H3/b21-11-. The van der Waals surface area contributed by atoms with E-state index in [1.54, 1.807) is 36.4 Å². The molecule has 9 nitrogen and oxygen atoms in total. The number of Topliss-reactive ketones (excluding diaryl/α,β-unsaturated/α-hetero) is 1. The number of carbonyl (C=O) groups is 2. The third-order valence-electron chi connectivity index (χ3n) is 5.47. The molecule has 36 heavy (non-hydrogen) atoms. The maximum atomic E-state index is 12.9. The van der Waals surface area contributed by atoms with Crippen molar-refractivity contribution in [3.63, 3.8) is 0 Å². The average molecular weight is 492 g/mol. The van der Waals surface area contributed by atoms with Crippen LogP contribution in [0, 0.1) is 0 Å². The van der Waals surface area contributed by atoms with Crippen molar-refractivity contribution in [2.75, 3.05) is 35.5 Å². The number of fused-ring (bicyclic) bond motifs is 1. The molecule has 0 unspecified atom stereocenters. The normalized spacial score (nSPS) is 13.0. The van der Waals surface area contributed by atoms with Crippen LogP contribution in [0.1, 0.15) is 26.3 Å². The van der Waals surface area contributed by atoms with Crippen LogP contribution < -0.4 is 33.2 Å². The first-order chi connectivity index (χ1) is 17.4. The lowest BCUT2D eigenvalue weighted by atomic mass is 10.1. The van der Waals surface area contributed by atoms with Gasteiger partial charge in [0.15, 0.2) is 17.3 Å². The first-order valence-corrected chi connectivity index (χ1v) is 10.8. The first kappa shape index (κ1) is 24.5. The molecule has 0 saturated carbocycles. The van der Waals surface area contributed by atoms with Gasteiger partial charge in [0.25, 0.3) is 0 Å². The zero-order valence-corrected chi connectivity index (χ0v) is 20.4. The van der Waals surface area contributed by atoms with Crippen LogP contribution in [-0.4, -0.2) is 47.3 Å². The van der Waals surface area contributed by atoms with Crippen molar-refractivity contribution in [3.05, 3.63) is 71.0 Å². The summed E-state index contributed by atoms with van der Waals surface area (Å²) in [4.78, 5) is 25.8. The summed E-state index contributed by atoms with van der Waals surface area (Å²) in [6, 6.07) is 12.9. The molecule has 1 aliphatic rings. The summed E-state index contributed by atoms with van der Waals surface area (Å²) in [5.74, 6) is 1.47. The van der Waals surface area contributed by atoms with Crippen LogP contribution >= 0.6 is 0 Å². The molecule has 0 N–H and O–H groups in total. The third kappa shape index (κ3) is 4.50. The molecule has 0 fully saturated rings. The van der Waals surface area contributed by atoms with Gasteiger partial charge in [-0.1, -0.05) is 6.07 Å². The molecule has 3 aromatic rings. The lowest BCUT2D eigenvalue weighted by Gasteiger charge is -2.13. The Morgan fingerprint density at radius 3 is 1.94 bits per heavy atom. The third-order valence-corrected chi connectivity index (χ3v) is 5.47. The Kier molecular flexibility index (Phi) is 7.00. The van der Waals surface area contributed by atoms with Crippen molar-refractivity contribution in [2.24, 2.45) is 0 Å². The number of carbonyl (C=O) groups excluding carboxylic acids is 2. The smallest absolute Gasteiger partial charge is 0.351 e. The van der Waals surface area contributed by atoms with Crippen LogP contribution in [0.4, 0.5) is 0 Å². The highest BCUT2D eigenvalue weighted by atomic mass is 16.5. The Morgan fingerprint density at radius 2 is 1.39 bits per heavy atom. The molecule has 9 heteroatoms. The summed E-state index contributed by atoms with van der Waals surface area (Å²) < 4.78 is 37.9. The molecule has 1 heterocycles. The Hall–Kier alpha value is -4.66. The van der Waals surface area contributed by atoms with E-state index >= 15 is 0 Å². The number of allylic oxidation sites excluding steroid dienone is 1. The lowest BCUT2D eigenvalue weighted by molar-refractivity contribution is 0.0727. The van der Waals surface area contributed by atoms with Crippen molar-refractivity contribution < 1.29 is 42.7 Å². The maximum Gasteiger partial charge on any atom is 0.351 e. The topological polar surface area (TPSA) is 98.8 Å². The molecule has 4 rings (SSSR count). The maximum absolute atomic E-state index is 12.9. The van der Waals surface area contributed by atoms with Gasteiger partial charge in [0, 0.05) is 6.07 Å². The van der Waals surface area contributed by atoms with Crippen molar-refractivity contribution in [3.8, 4) is 40.2 Å². The number of ketones is 1. The predicted molar refractivity (Wildman–Crippen MR) is 130 cm³/mol. The predicted octanol–water partition coefficient (Wildman–Crippen LogP) is 4.57. The van der Waals surface area contributed by atoms with Gasteiger partial charge in [0.1, 0.15) is 28.6 Å². The molecule has 0 radical (unpaired) electrons. The number of ether oxygens (including phenoxy) is 7. The summed E-state index contributed by atoms with van der Waals surface area (Å²) in [6.45, 7) is 0. The van der Waals surface area contributed by atoms with Crippen molar-refractivity contribution in [2.45, 2.75) is 0 Å². The van der Waals surface area contributed by atoms with E-state index in [0.29, 0.717) is 39.9 Å². The highest BCUT2D eigenvalue weighted by Crippen LogP contribution is 2.40. The number of rotatable bonds is 8. The molecule has 3 aromatic carbocycles. The fraction of sp³-hybridized carbons (Fsp3) is 0.185. The molecule has 0 spiro atoms. The minimum Gasteiger partial charge on any atom is -0.496 e. The second-order valence-electron chi connectivity index (χ2n) is 7.48. The van der Waals surface area contributed by atoms with Gasteiger partial charge in [-0.15, -0.1) is 0 Å². The fourth-order valence-electron chi connectivity index (χ4n) is 3.78. The molecule has 0 saturated heterocycles. The molecule has 1 aliphatic heterocycles. The van der Waals surface area contributed by atoms with E-state index < -0.39 is 5.97 Å². The summed E-state index contributed by atoms with van der Waals surface area (Å²) in [5.41, 5.74) is 1.09. The van der Waals surface area contributed by atoms with E-state index in [4.69, 9.17) is 33.2 Å². The Labute approximate surface area is 207 Å².